The monoisotopic (exact) mass is 328 g/mol. The number of anilines is 1. The lowest BCUT2D eigenvalue weighted by molar-refractivity contribution is 0.102. The third-order valence-electron chi connectivity index (χ3n) is 3.73. The zero-order chi connectivity index (χ0) is 16.1. The lowest BCUT2D eigenvalue weighted by atomic mass is 10.2. The van der Waals surface area contributed by atoms with Gasteiger partial charge in [0.25, 0.3) is 5.91 Å². The summed E-state index contributed by atoms with van der Waals surface area (Å²) in [6.45, 7) is 2.82. The fourth-order valence-corrected chi connectivity index (χ4v) is 3.58. The van der Waals surface area contributed by atoms with E-state index >= 15 is 0 Å². The molecule has 1 aliphatic rings. The van der Waals surface area contributed by atoms with Gasteiger partial charge in [0.05, 0.1) is 11.7 Å². The van der Waals surface area contributed by atoms with Gasteiger partial charge < -0.3 is 10.1 Å². The molecule has 1 N–H and O–H groups in total. The maximum absolute atomic E-state index is 12.5. The summed E-state index contributed by atoms with van der Waals surface area (Å²) in [4.78, 5) is 17.7. The summed E-state index contributed by atoms with van der Waals surface area (Å²) in [5.41, 5.74) is 1.74. The average Bonchev–Trinajstić information content (AvgIpc) is 3.09. The first kappa shape index (κ1) is 16.0. The Morgan fingerprint density at radius 2 is 2.22 bits per heavy atom. The molecule has 0 aliphatic carbocycles. The second-order valence-electron chi connectivity index (χ2n) is 5.62. The Morgan fingerprint density at radius 3 is 2.96 bits per heavy atom. The van der Waals surface area contributed by atoms with Crippen LogP contribution in [0, 0.1) is 6.92 Å². The third-order valence-corrected chi connectivity index (χ3v) is 4.94. The van der Waals surface area contributed by atoms with Crippen molar-refractivity contribution >= 4 is 23.5 Å². The zero-order valence-electron chi connectivity index (χ0n) is 13.1. The molecule has 1 fully saturated rings. The number of pyridine rings is 1. The molecule has 23 heavy (non-hydrogen) atoms. The van der Waals surface area contributed by atoms with Gasteiger partial charge in [0.15, 0.2) is 0 Å². The SMILES string of the molecule is Cc1ccc(NC(=O)c2ccccc2SC[C@H]2CCCO2)nc1. The first-order valence-corrected chi connectivity index (χ1v) is 8.78. The van der Waals surface area contributed by atoms with Gasteiger partial charge in [-0.1, -0.05) is 18.2 Å². The van der Waals surface area contributed by atoms with Crippen LogP contribution in [0.3, 0.4) is 0 Å². The molecule has 1 aliphatic heterocycles. The molecule has 1 aromatic carbocycles. The van der Waals surface area contributed by atoms with Crippen LogP contribution >= 0.6 is 11.8 Å². The highest BCUT2D eigenvalue weighted by Gasteiger charge is 2.18. The fraction of sp³-hybridized carbons (Fsp3) is 0.333. The highest BCUT2D eigenvalue weighted by atomic mass is 32.2. The normalized spacial score (nSPS) is 17.2. The number of carbonyl (C=O) groups excluding carboxylic acids is 1. The molecule has 4 nitrogen and oxygen atoms in total. The summed E-state index contributed by atoms with van der Waals surface area (Å²) >= 11 is 1.68. The predicted molar refractivity (Wildman–Crippen MR) is 93.1 cm³/mol. The number of ether oxygens (including phenoxy) is 1. The molecule has 0 saturated carbocycles. The summed E-state index contributed by atoms with van der Waals surface area (Å²) in [7, 11) is 0. The van der Waals surface area contributed by atoms with E-state index in [-0.39, 0.29) is 5.91 Å². The quantitative estimate of drug-likeness (QED) is 0.845. The topological polar surface area (TPSA) is 51.2 Å². The summed E-state index contributed by atoms with van der Waals surface area (Å²) < 4.78 is 5.65. The number of amides is 1. The fourth-order valence-electron chi connectivity index (χ4n) is 2.46. The average molecular weight is 328 g/mol. The molecule has 1 aromatic heterocycles. The minimum absolute atomic E-state index is 0.128. The van der Waals surface area contributed by atoms with Crippen molar-refractivity contribution in [3.8, 4) is 0 Å². The van der Waals surface area contributed by atoms with Crippen LogP contribution in [0.4, 0.5) is 5.82 Å². The number of benzene rings is 1. The van der Waals surface area contributed by atoms with Crippen LogP contribution in [0.25, 0.3) is 0 Å². The number of hydrogen-bond donors (Lipinski definition) is 1. The van der Waals surface area contributed by atoms with E-state index < -0.39 is 0 Å². The van der Waals surface area contributed by atoms with Crippen LogP contribution in [0.1, 0.15) is 28.8 Å². The first-order valence-electron chi connectivity index (χ1n) is 7.80. The number of aryl methyl sites for hydroxylation is 1. The molecule has 2 aromatic rings. The number of rotatable bonds is 5. The van der Waals surface area contributed by atoms with Crippen molar-refractivity contribution in [3.05, 3.63) is 53.7 Å². The molecule has 120 valence electrons. The molecule has 5 heteroatoms. The third kappa shape index (κ3) is 4.33. The Hall–Kier alpha value is -1.85. The lowest BCUT2D eigenvalue weighted by Gasteiger charge is -2.12. The van der Waals surface area contributed by atoms with E-state index in [9.17, 15) is 4.79 Å². The first-order chi connectivity index (χ1) is 11.2. The number of aromatic nitrogens is 1. The van der Waals surface area contributed by atoms with Gasteiger partial charge in [0, 0.05) is 23.5 Å². The van der Waals surface area contributed by atoms with E-state index in [0.717, 1.165) is 35.7 Å². The van der Waals surface area contributed by atoms with E-state index in [4.69, 9.17) is 4.74 Å². The van der Waals surface area contributed by atoms with Gasteiger partial charge in [-0.05, 0) is 43.5 Å². The van der Waals surface area contributed by atoms with Crippen molar-refractivity contribution < 1.29 is 9.53 Å². The van der Waals surface area contributed by atoms with Crippen LogP contribution in [0.15, 0.2) is 47.5 Å². The van der Waals surface area contributed by atoms with Crippen LogP contribution in [-0.4, -0.2) is 29.4 Å². The molecule has 0 spiro atoms. The van der Waals surface area contributed by atoms with Crippen molar-refractivity contribution in [1.82, 2.24) is 4.98 Å². The molecule has 0 radical (unpaired) electrons. The van der Waals surface area contributed by atoms with Crippen LogP contribution in [-0.2, 0) is 4.74 Å². The molecule has 1 atom stereocenters. The van der Waals surface area contributed by atoms with E-state index in [1.165, 1.54) is 0 Å². The summed E-state index contributed by atoms with van der Waals surface area (Å²) in [6, 6.07) is 11.4. The Morgan fingerprint density at radius 1 is 1.35 bits per heavy atom. The lowest BCUT2D eigenvalue weighted by Crippen LogP contribution is -2.14. The predicted octanol–water partition coefficient (Wildman–Crippen LogP) is 3.91. The molecule has 0 bridgehead atoms. The number of nitrogens with one attached hydrogen (secondary N) is 1. The van der Waals surface area contributed by atoms with Crippen molar-refractivity contribution in [1.29, 1.82) is 0 Å². The van der Waals surface area contributed by atoms with Gasteiger partial charge in [-0.2, -0.15) is 0 Å². The Balaban J connectivity index is 1.68. The largest absolute Gasteiger partial charge is 0.377 e. The second kappa shape index (κ2) is 7.62. The van der Waals surface area contributed by atoms with Crippen LogP contribution in [0.5, 0.6) is 0 Å². The van der Waals surface area contributed by atoms with Crippen LogP contribution < -0.4 is 5.32 Å². The molecule has 1 saturated heterocycles. The van der Waals surface area contributed by atoms with Gasteiger partial charge in [-0.3, -0.25) is 4.79 Å². The minimum atomic E-state index is -0.128. The highest BCUT2D eigenvalue weighted by Crippen LogP contribution is 2.27. The van der Waals surface area contributed by atoms with Crippen LogP contribution in [0.2, 0.25) is 0 Å². The summed E-state index contributed by atoms with van der Waals surface area (Å²) in [6.07, 6.45) is 4.28. The van der Waals surface area contributed by atoms with E-state index in [0.29, 0.717) is 17.5 Å². The number of hydrogen-bond acceptors (Lipinski definition) is 4. The van der Waals surface area contributed by atoms with Gasteiger partial charge in [-0.25, -0.2) is 4.98 Å². The number of nitrogens with zero attached hydrogens (tertiary/aromatic N) is 1. The van der Waals surface area contributed by atoms with Gasteiger partial charge in [0.2, 0.25) is 0 Å². The standard InChI is InChI=1S/C18H20N2O2S/c1-13-8-9-17(19-11-13)20-18(21)15-6-2-3-7-16(15)23-12-14-5-4-10-22-14/h2-3,6-9,11,14H,4-5,10,12H2,1H3,(H,19,20,21)/t14-/m1/s1. The second-order valence-corrected chi connectivity index (χ2v) is 6.68. The van der Waals surface area contributed by atoms with Crippen molar-refractivity contribution in [3.63, 3.8) is 0 Å². The van der Waals surface area contributed by atoms with Gasteiger partial charge in [0.1, 0.15) is 5.82 Å². The van der Waals surface area contributed by atoms with Gasteiger partial charge >= 0.3 is 0 Å². The van der Waals surface area contributed by atoms with Crippen molar-refractivity contribution in [2.75, 3.05) is 17.7 Å². The summed E-state index contributed by atoms with van der Waals surface area (Å²) in [5.74, 6) is 1.32. The van der Waals surface area contributed by atoms with E-state index in [1.54, 1.807) is 18.0 Å². The minimum Gasteiger partial charge on any atom is -0.377 e. The summed E-state index contributed by atoms with van der Waals surface area (Å²) in [5, 5.41) is 2.86. The van der Waals surface area contributed by atoms with Gasteiger partial charge in [-0.15, -0.1) is 11.8 Å². The molecular formula is C18H20N2O2S. The highest BCUT2D eigenvalue weighted by molar-refractivity contribution is 7.99. The molecule has 2 heterocycles. The molecular weight excluding hydrogens is 308 g/mol. The maximum atomic E-state index is 12.5. The Kier molecular flexibility index (Phi) is 5.31. The molecule has 3 rings (SSSR count). The number of thioether (sulfide) groups is 1. The maximum Gasteiger partial charge on any atom is 0.257 e. The van der Waals surface area contributed by atoms with E-state index in [2.05, 4.69) is 10.3 Å². The smallest absolute Gasteiger partial charge is 0.257 e. The Bertz CT molecular complexity index is 667. The Labute approximate surface area is 140 Å². The van der Waals surface area contributed by atoms with E-state index in [1.807, 2.05) is 43.3 Å². The molecule has 1 amide bonds. The molecule has 0 unspecified atom stereocenters. The number of carbonyl (C=O) groups is 1. The van der Waals surface area contributed by atoms with Crippen molar-refractivity contribution in [2.24, 2.45) is 0 Å². The van der Waals surface area contributed by atoms with Crippen molar-refractivity contribution in [2.45, 2.75) is 30.8 Å². The zero-order valence-corrected chi connectivity index (χ0v) is 13.9.